The van der Waals surface area contributed by atoms with Gasteiger partial charge < -0.3 is 15.2 Å². The average Bonchev–Trinajstić information content (AvgIpc) is 2.18. The quantitative estimate of drug-likeness (QED) is 0.484. The summed E-state index contributed by atoms with van der Waals surface area (Å²) in [4.78, 5) is 31.0. The summed E-state index contributed by atoms with van der Waals surface area (Å²) in [7, 11) is 0. The lowest BCUT2D eigenvalue weighted by Gasteiger charge is -2.23. The summed E-state index contributed by atoms with van der Waals surface area (Å²) in [6.07, 6.45) is 2.61. The number of carbonyl (C=O) groups excluding carboxylic acids is 2. The standard InChI is InChI=1S/C9H9NO5/c11-2-1-6-3-7(9(13)14)10-8(4-6)15-5-12/h1-3,5,8,10H,4H2,(H,13,14)/b6-1+. The van der Waals surface area contributed by atoms with Gasteiger partial charge in [0.2, 0.25) is 0 Å². The van der Waals surface area contributed by atoms with Gasteiger partial charge in [0, 0.05) is 6.42 Å². The summed E-state index contributed by atoms with van der Waals surface area (Å²) >= 11 is 0. The van der Waals surface area contributed by atoms with E-state index in [1.165, 1.54) is 12.2 Å². The van der Waals surface area contributed by atoms with Crippen LogP contribution in [0.4, 0.5) is 0 Å². The van der Waals surface area contributed by atoms with E-state index in [1.807, 2.05) is 0 Å². The molecule has 1 atom stereocenters. The third kappa shape index (κ3) is 2.94. The molecule has 1 aliphatic rings. The third-order valence-corrected chi connectivity index (χ3v) is 1.80. The SMILES string of the molecule is O=C/C=C1\C=C(C(=O)O)NC(OC=O)C1. The molecule has 0 aromatic rings. The zero-order valence-corrected chi connectivity index (χ0v) is 7.67. The molecule has 0 aromatic heterocycles. The second-order valence-electron chi connectivity index (χ2n) is 2.81. The number of rotatable bonds is 4. The number of allylic oxidation sites excluding steroid dienone is 2. The van der Waals surface area contributed by atoms with Gasteiger partial charge in [-0.3, -0.25) is 9.59 Å². The number of carboxylic acids is 1. The van der Waals surface area contributed by atoms with Crippen LogP contribution in [0.2, 0.25) is 0 Å². The minimum absolute atomic E-state index is 0.110. The van der Waals surface area contributed by atoms with Gasteiger partial charge >= 0.3 is 5.97 Å². The van der Waals surface area contributed by atoms with Gasteiger partial charge in [-0.15, -0.1) is 0 Å². The summed E-state index contributed by atoms with van der Waals surface area (Å²) in [5, 5.41) is 11.2. The maximum atomic E-state index is 10.7. The molecule has 15 heavy (non-hydrogen) atoms. The van der Waals surface area contributed by atoms with Crippen LogP contribution in [0.25, 0.3) is 0 Å². The highest BCUT2D eigenvalue weighted by molar-refractivity contribution is 5.87. The maximum Gasteiger partial charge on any atom is 0.352 e. The number of aliphatic carboxylic acids is 1. The molecule has 1 unspecified atom stereocenters. The number of nitrogens with one attached hydrogen (secondary N) is 1. The van der Waals surface area contributed by atoms with Gasteiger partial charge in [0.25, 0.3) is 6.47 Å². The first-order valence-corrected chi connectivity index (χ1v) is 4.12. The van der Waals surface area contributed by atoms with Crippen molar-refractivity contribution in [2.75, 3.05) is 0 Å². The topological polar surface area (TPSA) is 92.7 Å². The van der Waals surface area contributed by atoms with E-state index < -0.39 is 12.2 Å². The molecular formula is C9H9NO5. The van der Waals surface area contributed by atoms with Crippen molar-refractivity contribution in [3.8, 4) is 0 Å². The molecule has 0 aromatic carbocycles. The Bertz CT molecular complexity index is 344. The van der Waals surface area contributed by atoms with Gasteiger partial charge in [-0.05, 0) is 17.7 Å². The van der Waals surface area contributed by atoms with Gasteiger partial charge in [-0.1, -0.05) is 0 Å². The fourth-order valence-electron chi connectivity index (χ4n) is 1.20. The van der Waals surface area contributed by atoms with Crippen molar-refractivity contribution < 1.29 is 24.2 Å². The monoisotopic (exact) mass is 211 g/mol. The van der Waals surface area contributed by atoms with E-state index in [0.717, 1.165) is 0 Å². The molecule has 6 nitrogen and oxygen atoms in total. The highest BCUT2D eigenvalue weighted by atomic mass is 16.5. The molecule has 6 heteroatoms. The van der Waals surface area contributed by atoms with Crippen molar-refractivity contribution in [3.63, 3.8) is 0 Å². The van der Waals surface area contributed by atoms with E-state index >= 15 is 0 Å². The second kappa shape index (κ2) is 4.94. The van der Waals surface area contributed by atoms with Gasteiger partial charge in [0.1, 0.15) is 12.0 Å². The number of carbonyl (C=O) groups is 3. The lowest BCUT2D eigenvalue weighted by atomic mass is 10.1. The first-order valence-electron chi connectivity index (χ1n) is 4.12. The molecule has 0 aliphatic carbocycles. The molecule has 1 heterocycles. The summed E-state index contributed by atoms with van der Waals surface area (Å²) in [6.45, 7) is 0.223. The number of carboxylic acid groups (broad SMARTS) is 1. The smallest absolute Gasteiger partial charge is 0.352 e. The van der Waals surface area contributed by atoms with E-state index in [1.54, 1.807) is 0 Å². The highest BCUT2D eigenvalue weighted by Gasteiger charge is 2.21. The molecule has 80 valence electrons. The number of aldehydes is 1. The van der Waals surface area contributed by atoms with E-state index in [-0.39, 0.29) is 18.6 Å². The van der Waals surface area contributed by atoms with Crippen LogP contribution in [-0.2, 0) is 19.1 Å². The minimum atomic E-state index is -1.18. The van der Waals surface area contributed by atoms with Crippen molar-refractivity contribution in [1.82, 2.24) is 5.32 Å². The van der Waals surface area contributed by atoms with Crippen LogP contribution in [0, 0.1) is 0 Å². The molecule has 0 bridgehead atoms. The first kappa shape index (κ1) is 11.0. The Kier molecular flexibility index (Phi) is 3.61. The second-order valence-corrected chi connectivity index (χ2v) is 2.81. The van der Waals surface area contributed by atoms with Crippen LogP contribution < -0.4 is 5.32 Å². The Hall–Kier alpha value is -2.11. The van der Waals surface area contributed by atoms with Gasteiger partial charge in [-0.2, -0.15) is 0 Å². The highest BCUT2D eigenvalue weighted by Crippen LogP contribution is 2.16. The average molecular weight is 211 g/mol. The summed E-state index contributed by atoms with van der Waals surface area (Å²) in [5.41, 5.74) is 0.384. The molecule has 0 radical (unpaired) electrons. The van der Waals surface area contributed by atoms with Crippen molar-refractivity contribution in [3.05, 3.63) is 23.4 Å². The third-order valence-electron chi connectivity index (χ3n) is 1.80. The summed E-state index contributed by atoms with van der Waals surface area (Å²) in [6, 6.07) is 0. The predicted octanol–water partition coefficient (Wildman–Crippen LogP) is -0.427. The van der Waals surface area contributed by atoms with E-state index in [0.29, 0.717) is 11.9 Å². The van der Waals surface area contributed by atoms with Crippen LogP contribution >= 0.6 is 0 Å². The Labute approximate surface area is 85.2 Å². The lowest BCUT2D eigenvalue weighted by molar-refractivity contribution is -0.138. The largest absolute Gasteiger partial charge is 0.477 e. The molecule has 0 fully saturated rings. The molecular weight excluding hydrogens is 202 g/mol. The normalized spacial score (nSPS) is 22.5. The predicted molar refractivity (Wildman–Crippen MR) is 48.6 cm³/mol. The van der Waals surface area contributed by atoms with Crippen molar-refractivity contribution in [1.29, 1.82) is 0 Å². The van der Waals surface area contributed by atoms with Gasteiger partial charge in [-0.25, -0.2) is 4.79 Å². The van der Waals surface area contributed by atoms with Gasteiger partial charge in [0.15, 0.2) is 6.23 Å². The Morgan fingerprint density at radius 3 is 2.87 bits per heavy atom. The van der Waals surface area contributed by atoms with Crippen LogP contribution in [0.15, 0.2) is 23.4 Å². The lowest BCUT2D eigenvalue weighted by Crippen LogP contribution is -2.37. The Morgan fingerprint density at radius 2 is 2.33 bits per heavy atom. The number of hydrogen-bond donors (Lipinski definition) is 2. The fourth-order valence-corrected chi connectivity index (χ4v) is 1.20. The Morgan fingerprint density at radius 1 is 1.60 bits per heavy atom. The molecule has 0 saturated heterocycles. The number of hydrogen-bond acceptors (Lipinski definition) is 5. The molecule has 1 aliphatic heterocycles. The van der Waals surface area contributed by atoms with Crippen molar-refractivity contribution in [2.24, 2.45) is 0 Å². The molecule has 2 N–H and O–H groups in total. The van der Waals surface area contributed by atoms with Crippen LogP contribution in [0.1, 0.15) is 6.42 Å². The zero-order valence-electron chi connectivity index (χ0n) is 7.67. The molecule has 0 amide bonds. The molecule has 0 saturated carbocycles. The van der Waals surface area contributed by atoms with Crippen LogP contribution in [0.5, 0.6) is 0 Å². The minimum Gasteiger partial charge on any atom is -0.477 e. The van der Waals surface area contributed by atoms with Crippen molar-refractivity contribution in [2.45, 2.75) is 12.6 Å². The Balaban J connectivity index is 2.88. The van der Waals surface area contributed by atoms with E-state index in [2.05, 4.69) is 10.1 Å². The number of ether oxygens (including phenoxy) is 1. The van der Waals surface area contributed by atoms with Crippen LogP contribution in [-0.4, -0.2) is 30.1 Å². The molecule has 0 spiro atoms. The molecule has 1 rings (SSSR count). The summed E-state index contributed by atoms with van der Waals surface area (Å²) in [5.74, 6) is -1.18. The summed E-state index contributed by atoms with van der Waals surface area (Å²) < 4.78 is 4.59. The van der Waals surface area contributed by atoms with E-state index in [4.69, 9.17) is 5.11 Å². The first-order chi connectivity index (χ1) is 7.17. The van der Waals surface area contributed by atoms with Crippen LogP contribution in [0.3, 0.4) is 0 Å². The van der Waals surface area contributed by atoms with E-state index in [9.17, 15) is 14.4 Å². The van der Waals surface area contributed by atoms with Crippen molar-refractivity contribution >= 4 is 18.7 Å². The fraction of sp³-hybridized carbons (Fsp3) is 0.222. The zero-order chi connectivity index (χ0) is 11.3. The maximum absolute atomic E-state index is 10.7. The van der Waals surface area contributed by atoms with Gasteiger partial charge in [0.05, 0.1) is 0 Å².